The number of aromatic nitrogens is 3. The molecular weight excluding hydrogens is 256 g/mol. The van der Waals surface area contributed by atoms with Crippen LogP contribution in [0.3, 0.4) is 0 Å². The Hall–Kier alpha value is -2.08. The van der Waals surface area contributed by atoms with Gasteiger partial charge < -0.3 is 10.1 Å². The second-order valence-corrected chi connectivity index (χ2v) is 3.90. The maximum absolute atomic E-state index is 12.0. The molecule has 1 amide bonds. The summed E-state index contributed by atoms with van der Waals surface area (Å²) in [5.74, 6) is 0.754. The highest BCUT2D eigenvalue weighted by atomic mass is 35.5. The quantitative estimate of drug-likeness (QED) is 0.877. The third-order valence-corrected chi connectivity index (χ3v) is 2.52. The summed E-state index contributed by atoms with van der Waals surface area (Å²) in [6, 6.07) is 4.86. The second-order valence-electron chi connectivity index (χ2n) is 3.46. The van der Waals surface area contributed by atoms with Crippen molar-refractivity contribution in [3.63, 3.8) is 0 Å². The molecule has 0 fully saturated rings. The lowest BCUT2D eigenvalue weighted by atomic mass is 10.2. The molecule has 0 bridgehead atoms. The van der Waals surface area contributed by atoms with Gasteiger partial charge in [0.25, 0.3) is 5.91 Å². The number of methoxy groups -OCH3 is 1. The maximum atomic E-state index is 12.0. The molecule has 0 unspecified atom stereocenters. The van der Waals surface area contributed by atoms with Crippen LogP contribution >= 0.6 is 11.6 Å². The third-order valence-electron chi connectivity index (χ3n) is 2.29. The second kappa shape index (κ2) is 5.50. The van der Waals surface area contributed by atoms with Crippen LogP contribution in [0.25, 0.3) is 0 Å². The van der Waals surface area contributed by atoms with Crippen molar-refractivity contribution in [2.75, 3.05) is 7.11 Å². The maximum Gasteiger partial charge on any atom is 0.255 e. The molecule has 0 aliphatic rings. The molecule has 0 saturated heterocycles. The number of carbonyl (C=O) groups is 1. The molecule has 18 heavy (non-hydrogen) atoms. The van der Waals surface area contributed by atoms with Gasteiger partial charge in [0.1, 0.15) is 17.9 Å². The smallest absolute Gasteiger partial charge is 0.255 e. The first-order valence-corrected chi connectivity index (χ1v) is 5.54. The number of hydrogen-bond acceptors (Lipinski definition) is 4. The van der Waals surface area contributed by atoms with Gasteiger partial charge in [0, 0.05) is 5.02 Å². The van der Waals surface area contributed by atoms with E-state index in [0.29, 0.717) is 22.2 Å². The van der Waals surface area contributed by atoms with E-state index in [2.05, 4.69) is 20.5 Å². The fourth-order valence-corrected chi connectivity index (χ4v) is 1.60. The van der Waals surface area contributed by atoms with Crippen LogP contribution in [0.1, 0.15) is 16.2 Å². The van der Waals surface area contributed by atoms with Crippen LogP contribution in [0, 0.1) is 0 Å². The minimum absolute atomic E-state index is 0.258. The SMILES string of the molecule is COc1ccc(Cl)cc1C(=O)NCc1ncn[nH]1. The highest BCUT2D eigenvalue weighted by Gasteiger charge is 2.12. The minimum Gasteiger partial charge on any atom is -0.496 e. The molecule has 0 saturated carbocycles. The lowest BCUT2D eigenvalue weighted by Crippen LogP contribution is -2.24. The number of H-pyrrole nitrogens is 1. The zero-order chi connectivity index (χ0) is 13.0. The Morgan fingerprint density at radius 2 is 2.39 bits per heavy atom. The van der Waals surface area contributed by atoms with Gasteiger partial charge in [0.05, 0.1) is 19.2 Å². The molecule has 0 radical (unpaired) electrons. The lowest BCUT2D eigenvalue weighted by molar-refractivity contribution is 0.0947. The molecule has 1 aromatic heterocycles. The van der Waals surface area contributed by atoms with E-state index in [1.165, 1.54) is 13.4 Å². The van der Waals surface area contributed by atoms with E-state index in [9.17, 15) is 4.79 Å². The number of nitrogens with zero attached hydrogens (tertiary/aromatic N) is 2. The fourth-order valence-electron chi connectivity index (χ4n) is 1.43. The number of amides is 1. The fraction of sp³-hybridized carbons (Fsp3) is 0.182. The standard InChI is InChI=1S/C11H11ClN4O2/c1-18-9-3-2-7(12)4-8(9)11(17)13-5-10-14-6-15-16-10/h2-4,6H,5H2,1H3,(H,13,17)(H,14,15,16). The molecule has 2 rings (SSSR count). The molecule has 2 aromatic rings. The van der Waals surface area contributed by atoms with Gasteiger partial charge in [-0.25, -0.2) is 4.98 Å². The van der Waals surface area contributed by atoms with Gasteiger partial charge in [-0.2, -0.15) is 5.10 Å². The Balaban J connectivity index is 2.10. The Bertz CT molecular complexity index is 542. The van der Waals surface area contributed by atoms with E-state index in [1.54, 1.807) is 18.2 Å². The topological polar surface area (TPSA) is 79.9 Å². The third kappa shape index (κ3) is 2.78. The van der Waals surface area contributed by atoms with Gasteiger partial charge in [-0.1, -0.05) is 11.6 Å². The molecular formula is C11H11ClN4O2. The Morgan fingerprint density at radius 1 is 1.56 bits per heavy atom. The van der Waals surface area contributed by atoms with Crippen LogP contribution in [-0.4, -0.2) is 28.2 Å². The van der Waals surface area contributed by atoms with Crippen molar-refractivity contribution in [3.8, 4) is 5.75 Å². The number of ether oxygens (including phenoxy) is 1. The molecule has 7 heteroatoms. The zero-order valence-corrected chi connectivity index (χ0v) is 10.4. The van der Waals surface area contributed by atoms with Gasteiger partial charge >= 0.3 is 0 Å². The van der Waals surface area contributed by atoms with Gasteiger partial charge in [0.15, 0.2) is 0 Å². The molecule has 1 aromatic carbocycles. The number of halogens is 1. The monoisotopic (exact) mass is 266 g/mol. The highest BCUT2D eigenvalue weighted by molar-refractivity contribution is 6.31. The van der Waals surface area contributed by atoms with E-state index in [-0.39, 0.29) is 12.5 Å². The van der Waals surface area contributed by atoms with Crippen LogP contribution in [0.5, 0.6) is 5.75 Å². The summed E-state index contributed by atoms with van der Waals surface area (Å²) < 4.78 is 5.10. The zero-order valence-electron chi connectivity index (χ0n) is 9.61. The first kappa shape index (κ1) is 12.4. The van der Waals surface area contributed by atoms with Crippen molar-refractivity contribution in [3.05, 3.63) is 40.9 Å². The summed E-state index contributed by atoms with van der Waals surface area (Å²) in [6.45, 7) is 0.258. The van der Waals surface area contributed by atoms with Gasteiger partial charge in [-0.05, 0) is 18.2 Å². The van der Waals surface area contributed by atoms with Crippen LogP contribution in [-0.2, 0) is 6.54 Å². The summed E-state index contributed by atoms with van der Waals surface area (Å²) in [5, 5.41) is 9.50. The van der Waals surface area contributed by atoms with Gasteiger partial charge in [-0.3, -0.25) is 9.89 Å². The number of benzene rings is 1. The van der Waals surface area contributed by atoms with Gasteiger partial charge in [0.2, 0.25) is 0 Å². The molecule has 94 valence electrons. The molecule has 0 aliphatic heterocycles. The van der Waals surface area contributed by atoms with E-state index >= 15 is 0 Å². The van der Waals surface area contributed by atoms with Crippen LogP contribution < -0.4 is 10.1 Å². The predicted molar refractivity (Wildman–Crippen MR) is 65.6 cm³/mol. The van der Waals surface area contributed by atoms with E-state index in [0.717, 1.165) is 0 Å². The number of rotatable bonds is 4. The van der Waals surface area contributed by atoms with Crippen molar-refractivity contribution in [1.29, 1.82) is 0 Å². The highest BCUT2D eigenvalue weighted by Crippen LogP contribution is 2.22. The molecule has 6 nitrogen and oxygen atoms in total. The number of nitrogens with one attached hydrogen (secondary N) is 2. The van der Waals surface area contributed by atoms with Crippen molar-refractivity contribution < 1.29 is 9.53 Å². The van der Waals surface area contributed by atoms with Gasteiger partial charge in [-0.15, -0.1) is 0 Å². The van der Waals surface area contributed by atoms with Crippen LogP contribution in [0.2, 0.25) is 5.02 Å². The first-order chi connectivity index (χ1) is 8.70. The predicted octanol–water partition coefficient (Wildman–Crippen LogP) is 1.40. The molecule has 0 atom stereocenters. The van der Waals surface area contributed by atoms with Crippen molar-refractivity contribution >= 4 is 17.5 Å². The summed E-state index contributed by atoms with van der Waals surface area (Å²) in [6.07, 6.45) is 1.38. The lowest BCUT2D eigenvalue weighted by Gasteiger charge is -2.08. The van der Waals surface area contributed by atoms with E-state index < -0.39 is 0 Å². The van der Waals surface area contributed by atoms with E-state index in [1.807, 2.05) is 0 Å². The summed E-state index contributed by atoms with van der Waals surface area (Å²) in [7, 11) is 1.50. The number of hydrogen-bond donors (Lipinski definition) is 2. The molecule has 2 N–H and O–H groups in total. The normalized spacial score (nSPS) is 10.1. The first-order valence-electron chi connectivity index (χ1n) is 5.16. The molecule has 1 heterocycles. The Labute approximate surface area is 108 Å². The Morgan fingerprint density at radius 3 is 3.06 bits per heavy atom. The van der Waals surface area contributed by atoms with Crippen molar-refractivity contribution in [2.24, 2.45) is 0 Å². The van der Waals surface area contributed by atoms with Crippen molar-refractivity contribution in [1.82, 2.24) is 20.5 Å². The number of carbonyl (C=O) groups excluding carboxylic acids is 1. The summed E-state index contributed by atoms with van der Waals surface area (Å²) in [5.41, 5.74) is 0.379. The van der Waals surface area contributed by atoms with Crippen LogP contribution in [0.15, 0.2) is 24.5 Å². The molecule has 0 aliphatic carbocycles. The average molecular weight is 267 g/mol. The summed E-state index contributed by atoms with van der Waals surface area (Å²) >= 11 is 5.85. The minimum atomic E-state index is -0.286. The molecule has 0 spiro atoms. The average Bonchev–Trinajstić information content (AvgIpc) is 2.89. The summed E-state index contributed by atoms with van der Waals surface area (Å²) in [4.78, 5) is 15.9. The largest absolute Gasteiger partial charge is 0.496 e. The van der Waals surface area contributed by atoms with Crippen LogP contribution in [0.4, 0.5) is 0 Å². The van der Waals surface area contributed by atoms with E-state index in [4.69, 9.17) is 16.3 Å². The number of aromatic amines is 1. The van der Waals surface area contributed by atoms with Crippen molar-refractivity contribution in [2.45, 2.75) is 6.54 Å². The Kier molecular flexibility index (Phi) is 3.78.